The molecule has 0 amide bonds. The summed E-state index contributed by atoms with van der Waals surface area (Å²) in [5.74, 6) is 2.76. The lowest BCUT2D eigenvalue weighted by atomic mass is 9.87. The summed E-state index contributed by atoms with van der Waals surface area (Å²) in [5, 5.41) is 0. The molecule has 0 radical (unpaired) electrons. The van der Waals surface area contributed by atoms with Gasteiger partial charge >= 0.3 is 7.12 Å². The highest BCUT2D eigenvalue weighted by Gasteiger charge is 2.50. The zero-order chi connectivity index (χ0) is 13.6. The summed E-state index contributed by atoms with van der Waals surface area (Å²) in [4.78, 5) is 0. The molecule has 1 saturated heterocycles. The number of allylic oxidation sites excluding steroid dienone is 1. The molecule has 1 aliphatic heterocycles. The van der Waals surface area contributed by atoms with E-state index in [1.807, 2.05) is 52.7 Å². The van der Waals surface area contributed by atoms with Crippen LogP contribution >= 0.6 is 15.9 Å². The Morgan fingerprint density at radius 2 is 1.72 bits per heavy atom. The van der Waals surface area contributed by atoms with Gasteiger partial charge < -0.3 is 13.7 Å². The van der Waals surface area contributed by atoms with Crippen LogP contribution in [0.1, 0.15) is 40.4 Å². The molecule has 3 nitrogen and oxygen atoms in total. The Labute approximate surface area is 117 Å². The van der Waals surface area contributed by atoms with Gasteiger partial charge in [0.15, 0.2) is 4.67 Å². The van der Waals surface area contributed by atoms with Crippen LogP contribution < -0.4 is 0 Å². The summed E-state index contributed by atoms with van der Waals surface area (Å²) in [7, 11) is -0.334. The summed E-state index contributed by atoms with van der Waals surface area (Å²) in [6.45, 7) is 10.1. The SMILES string of the molecule is C/C(=C/B1OC(C)(C)C(C)(C)O1)c1ccc(Br)o1. The summed E-state index contributed by atoms with van der Waals surface area (Å²) < 4.78 is 18.0. The second kappa shape index (κ2) is 4.55. The fourth-order valence-electron chi connectivity index (χ4n) is 1.77. The number of hydrogen-bond acceptors (Lipinski definition) is 3. The van der Waals surface area contributed by atoms with Gasteiger partial charge in [0.05, 0.1) is 11.2 Å². The van der Waals surface area contributed by atoms with Gasteiger partial charge in [0.2, 0.25) is 0 Å². The fraction of sp³-hybridized carbons (Fsp3) is 0.538. The van der Waals surface area contributed by atoms with Gasteiger partial charge in [-0.1, -0.05) is 0 Å². The van der Waals surface area contributed by atoms with Crippen LogP contribution in [-0.4, -0.2) is 18.3 Å². The quantitative estimate of drug-likeness (QED) is 0.771. The average molecular weight is 313 g/mol. The van der Waals surface area contributed by atoms with Crippen molar-refractivity contribution in [2.75, 3.05) is 0 Å². The maximum Gasteiger partial charge on any atom is 0.487 e. The van der Waals surface area contributed by atoms with Gasteiger partial charge in [0.1, 0.15) is 5.76 Å². The van der Waals surface area contributed by atoms with Crippen molar-refractivity contribution in [3.05, 3.63) is 28.5 Å². The summed E-state index contributed by atoms with van der Waals surface area (Å²) >= 11 is 3.29. The molecular weight excluding hydrogens is 295 g/mol. The monoisotopic (exact) mass is 312 g/mol. The van der Waals surface area contributed by atoms with Gasteiger partial charge in [-0.2, -0.15) is 0 Å². The molecule has 5 heteroatoms. The van der Waals surface area contributed by atoms with Gasteiger partial charge in [0, 0.05) is 0 Å². The van der Waals surface area contributed by atoms with Crippen LogP contribution in [0.15, 0.2) is 27.2 Å². The van der Waals surface area contributed by atoms with Crippen LogP contribution in [0.25, 0.3) is 5.57 Å². The van der Waals surface area contributed by atoms with E-state index in [4.69, 9.17) is 13.7 Å². The van der Waals surface area contributed by atoms with Gasteiger partial charge in [-0.25, -0.2) is 0 Å². The Kier molecular flexibility index (Phi) is 3.51. The minimum atomic E-state index is -0.334. The Morgan fingerprint density at radius 3 is 2.17 bits per heavy atom. The molecule has 1 aromatic rings. The third-order valence-corrected chi connectivity index (χ3v) is 4.05. The highest BCUT2D eigenvalue weighted by Crippen LogP contribution is 2.37. The summed E-state index contributed by atoms with van der Waals surface area (Å²) in [6.07, 6.45) is 0. The first kappa shape index (κ1) is 13.9. The van der Waals surface area contributed by atoms with Gasteiger partial charge in [-0.15, -0.1) is 0 Å². The predicted octanol–water partition coefficient (Wildman–Crippen LogP) is 4.08. The first-order valence-corrected chi connectivity index (χ1v) is 6.80. The average Bonchev–Trinajstić information content (AvgIpc) is 2.69. The normalized spacial score (nSPS) is 22.6. The molecule has 0 saturated carbocycles. The maximum atomic E-state index is 5.91. The molecule has 0 spiro atoms. The molecule has 2 rings (SSSR count). The van der Waals surface area contributed by atoms with Crippen molar-refractivity contribution < 1.29 is 13.7 Å². The molecule has 0 atom stereocenters. The maximum absolute atomic E-state index is 5.91. The number of halogens is 1. The second-order valence-electron chi connectivity index (χ2n) is 5.58. The number of furan rings is 1. The third kappa shape index (κ3) is 2.58. The molecular formula is C13H18BBrO3. The minimum absolute atomic E-state index is 0.307. The Morgan fingerprint density at radius 1 is 1.17 bits per heavy atom. The van der Waals surface area contributed by atoms with Crippen LogP contribution in [0.5, 0.6) is 0 Å². The first-order valence-electron chi connectivity index (χ1n) is 6.01. The first-order chi connectivity index (χ1) is 8.21. The zero-order valence-electron chi connectivity index (χ0n) is 11.4. The second-order valence-corrected chi connectivity index (χ2v) is 6.36. The standard InChI is InChI=1S/C13H18BBrO3/c1-9(10-6-7-11(15)16-10)8-14-17-12(2,3)13(4,5)18-14/h6-8H,1-5H3/b9-8-. The van der Waals surface area contributed by atoms with E-state index in [0.717, 1.165) is 16.0 Å². The van der Waals surface area contributed by atoms with Crippen molar-refractivity contribution in [3.8, 4) is 0 Å². The molecule has 0 unspecified atom stereocenters. The van der Waals surface area contributed by atoms with Crippen LogP contribution in [0.2, 0.25) is 0 Å². The molecule has 1 fully saturated rings. The van der Waals surface area contributed by atoms with Crippen LogP contribution in [0, 0.1) is 0 Å². The Hall–Kier alpha value is -0.515. The van der Waals surface area contributed by atoms with E-state index in [1.165, 1.54) is 0 Å². The van der Waals surface area contributed by atoms with Gasteiger partial charge in [0.25, 0.3) is 0 Å². The molecule has 1 aromatic heterocycles. The van der Waals surface area contributed by atoms with Crippen LogP contribution in [0.3, 0.4) is 0 Å². The van der Waals surface area contributed by atoms with Crippen molar-refractivity contribution in [2.45, 2.75) is 45.8 Å². The molecule has 0 aliphatic carbocycles. The van der Waals surface area contributed by atoms with Gasteiger partial charge in [-0.3, -0.25) is 0 Å². The molecule has 0 aromatic carbocycles. The van der Waals surface area contributed by atoms with E-state index in [9.17, 15) is 0 Å². The lowest BCUT2D eigenvalue weighted by molar-refractivity contribution is 0.00578. The smallest absolute Gasteiger partial charge is 0.450 e. The third-order valence-electron chi connectivity index (χ3n) is 3.62. The van der Waals surface area contributed by atoms with E-state index < -0.39 is 0 Å². The molecule has 98 valence electrons. The highest BCUT2D eigenvalue weighted by molar-refractivity contribution is 9.10. The molecule has 0 N–H and O–H groups in total. The lowest BCUT2D eigenvalue weighted by Crippen LogP contribution is -2.41. The Balaban J connectivity index is 2.16. The number of rotatable bonds is 2. The summed E-state index contributed by atoms with van der Waals surface area (Å²) in [6, 6.07) is 3.79. The van der Waals surface area contributed by atoms with Crippen molar-refractivity contribution in [2.24, 2.45) is 0 Å². The molecule has 1 aliphatic rings. The van der Waals surface area contributed by atoms with Crippen molar-refractivity contribution in [3.63, 3.8) is 0 Å². The van der Waals surface area contributed by atoms with Crippen molar-refractivity contribution in [1.82, 2.24) is 0 Å². The largest absolute Gasteiger partial charge is 0.487 e. The lowest BCUT2D eigenvalue weighted by Gasteiger charge is -2.32. The fourth-order valence-corrected chi connectivity index (χ4v) is 2.08. The van der Waals surface area contributed by atoms with Crippen LogP contribution in [-0.2, 0) is 9.31 Å². The summed E-state index contributed by atoms with van der Waals surface area (Å²) in [5.41, 5.74) is 0.385. The van der Waals surface area contributed by atoms with Crippen molar-refractivity contribution >= 4 is 28.6 Å². The molecule has 2 heterocycles. The van der Waals surface area contributed by atoms with E-state index in [2.05, 4.69) is 15.9 Å². The van der Waals surface area contributed by atoms with E-state index in [0.29, 0.717) is 0 Å². The van der Waals surface area contributed by atoms with E-state index >= 15 is 0 Å². The van der Waals surface area contributed by atoms with Crippen molar-refractivity contribution in [1.29, 1.82) is 0 Å². The van der Waals surface area contributed by atoms with E-state index in [-0.39, 0.29) is 18.3 Å². The molecule has 18 heavy (non-hydrogen) atoms. The van der Waals surface area contributed by atoms with Gasteiger partial charge in [-0.05, 0) is 74.2 Å². The highest BCUT2D eigenvalue weighted by atomic mass is 79.9. The Bertz CT molecular complexity index is 460. The minimum Gasteiger partial charge on any atom is -0.450 e. The molecule has 0 bridgehead atoms. The predicted molar refractivity (Wildman–Crippen MR) is 76.1 cm³/mol. The van der Waals surface area contributed by atoms with E-state index in [1.54, 1.807) is 0 Å². The zero-order valence-corrected chi connectivity index (χ0v) is 13.0. The topological polar surface area (TPSA) is 31.6 Å². The van der Waals surface area contributed by atoms with Crippen LogP contribution in [0.4, 0.5) is 0 Å². The number of hydrogen-bond donors (Lipinski definition) is 0.